The average Bonchev–Trinajstić information content (AvgIpc) is 2.90. The molecule has 0 aliphatic carbocycles. The molecule has 1 aromatic heterocycles. The minimum Gasteiger partial charge on any atom is -0.456 e. The van der Waals surface area contributed by atoms with Crippen LogP contribution in [0.4, 0.5) is 0 Å². The van der Waals surface area contributed by atoms with E-state index in [0.29, 0.717) is 18.1 Å². The summed E-state index contributed by atoms with van der Waals surface area (Å²) in [4.78, 5) is 11.9. The second-order valence-corrected chi connectivity index (χ2v) is 4.21. The fourth-order valence-corrected chi connectivity index (χ4v) is 1.75. The van der Waals surface area contributed by atoms with Gasteiger partial charge in [0.15, 0.2) is 5.76 Å². The van der Waals surface area contributed by atoms with E-state index in [2.05, 4.69) is 17.2 Å². The first-order chi connectivity index (χ1) is 9.70. The Morgan fingerprint density at radius 2 is 2.10 bits per heavy atom. The lowest BCUT2D eigenvalue weighted by Crippen LogP contribution is -2.22. The number of aliphatic hydroxyl groups excluding tert-OH is 1. The predicted molar refractivity (Wildman–Crippen MR) is 75.0 cm³/mol. The van der Waals surface area contributed by atoms with Crippen LogP contribution in [-0.4, -0.2) is 17.6 Å². The van der Waals surface area contributed by atoms with Crippen LogP contribution in [0.3, 0.4) is 0 Å². The molecular formula is C16H15NO3. The molecule has 0 atom stereocenters. The van der Waals surface area contributed by atoms with E-state index in [1.807, 2.05) is 24.3 Å². The molecule has 0 saturated heterocycles. The Kier molecular flexibility index (Phi) is 4.59. The Morgan fingerprint density at radius 3 is 2.80 bits per heavy atom. The Bertz CT molecular complexity index is 662. The summed E-state index contributed by atoms with van der Waals surface area (Å²) < 4.78 is 5.26. The van der Waals surface area contributed by atoms with Crippen LogP contribution >= 0.6 is 0 Å². The van der Waals surface area contributed by atoms with Crippen molar-refractivity contribution in [3.8, 4) is 11.8 Å². The SMILES string of the molecule is Cc1ccc(C(=O)NCc2ccccc2C#CCO)o1. The number of nitrogens with one attached hydrogen (secondary N) is 1. The van der Waals surface area contributed by atoms with Crippen LogP contribution in [0, 0.1) is 18.8 Å². The molecule has 1 heterocycles. The van der Waals surface area contributed by atoms with Crippen LogP contribution in [-0.2, 0) is 6.54 Å². The molecule has 20 heavy (non-hydrogen) atoms. The van der Waals surface area contributed by atoms with E-state index in [4.69, 9.17) is 9.52 Å². The standard InChI is InChI=1S/C16H15NO3/c1-12-8-9-15(20-12)16(19)17-11-14-6-3-2-5-13(14)7-4-10-18/h2-3,5-6,8-9,18H,10-11H2,1H3,(H,17,19). The molecule has 4 heteroatoms. The molecule has 0 fully saturated rings. The van der Waals surface area contributed by atoms with Crippen LogP contribution in [0.25, 0.3) is 0 Å². The summed E-state index contributed by atoms with van der Waals surface area (Å²) in [5.41, 5.74) is 1.68. The van der Waals surface area contributed by atoms with Crippen LogP contribution in [0.5, 0.6) is 0 Å². The fourth-order valence-electron chi connectivity index (χ4n) is 1.75. The molecule has 102 valence electrons. The molecular weight excluding hydrogens is 254 g/mol. The molecule has 2 aromatic rings. The molecule has 0 radical (unpaired) electrons. The number of hydrogen-bond acceptors (Lipinski definition) is 3. The van der Waals surface area contributed by atoms with Gasteiger partial charge in [-0.3, -0.25) is 4.79 Å². The van der Waals surface area contributed by atoms with Crippen molar-refractivity contribution in [3.63, 3.8) is 0 Å². The predicted octanol–water partition coefficient (Wildman–Crippen LogP) is 1.86. The van der Waals surface area contributed by atoms with Crippen LogP contribution < -0.4 is 5.32 Å². The zero-order chi connectivity index (χ0) is 14.4. The zero-order valence-corrected chi connectivity index (χ0v) is 11.1. The lowest BCUT2D eigenvalue weighted by Gasteiger charge is -2.05. The third-order valence-corrected chi connectivity index (χ3v) is 2.72. The van der Waals surface area contributed by atoms with Crippen LogP contribution in [0.2, 0.25) is 0 Å². The van der Waals surface area contributed by atoms with Crippen LogP contribution in [0.15, 0.2) is 40.8 Å². The van der Waals surface area contributed by atoms with E-state index in [1.165, 1.54) is 0 Å². The fraction of sp³-hybridized carbons (Fsp3) is 0.188. The summed E-state index contributed by atoms with van der Waals surface area (Å²) in [6.07, 6.45) is 0. The van der Waals surface area contributed by atoms with Gasteiger partial charge in [0.25, 0.3) is 5.91 Å². The third kappa shape index (κ3) is 3.50. The highest BCUT2D eigenvalue weighted by Gasteiger charge is 2.09. The lowest BCUT2D eigenvalue weighted by molar-refractivity contribution is 0.0922. The summed E-state index contributed by atoms with van der Waals surface area (Å²) in [5, 5.41) is 11.5. The summed E-state index contributed by atoms with van der Waals surface area (Å²) in [7, 11) is 0. The van der Waals surface area contributed by atoms with Gasteiger partial charge < -0.3 is 14.8 Å². The van der Waals surface area contributed by atoms with Crippen molar-refractivity contribution in [1.82, 2.24) is 5.32 Å². The van der Waals surface area contributed by atoms with Gasteiger partial charge in [0.1, 0.15) is 12.4 Å². The Labute approximate surface area is 117 Å². The number of amides is 1. The number of aryl methyl sites for hydroxylation is 1. The van der Waals surface area contributed by atoms with Crippen molar-refractivity contribution in [2.24, 2.45) is 0 Å². The monoisotopic (exact) mass is 269 g/mol. The Morgan fingerprint density at radius 1 is 1.30 bits per heavy atom. The van der Waals surface area contributed by atoms with E-state index in [0.717, 1.165) is 11.1 Å². The van der Waals surface area contributed by atoms with Gasteiger partial charge in [-0.25, -0.2) is 0 Å². The molecule has 4 nitrogen and oxygen atoms in total. The number of aliphatic hydroxyl groups is 1. The maximum atomic E-state index is 11.9. The molecule has 0 bridgehead atoms. The first-order valence-electron chi connectivity index (χ1n) is 6.23. The van der Waals surface area contributed by atoms with Crippen molar-refractivity contribution >= 4 is 5.91 Å². The Balaban J connectivity index is 2.06. The Hall–Kier alpha value is -2.51. The summed E-state index contributed by atoms with van der Waals surface area (Å²) in [6, 6.07) is 10.9. The molecule has 1 aromatic carbocycles. The number of hydrogen-bond donors (Lipinski definition) is 2. The van der Waals surface area contributed by atoms with Gasteiger partial charge in [-0.1, -0.05) is 30.0 Å². The van der Waals surface area contributed by atoms with Gasteiger partial charge >= 0.3 is 0 Å². The van der Waals surface area contributed by atoms with Gasteiger partial charge in [-0.2, -0.15) is 0 Å². The van der Waals surface area contributed by atoms with Gasteiger partial charge in [-0.15, -0.1) is 0 Å². The van der Waals surface area contributed by atoms with Gasteiger partial charge in [0, 0.05) is 12.1 Å². The maximum absolute atomic E-state index is 11.9. The first kappa shape index (κ1) is 13.9. The summed E-state index contributed by atoms with van der Waals surface area (Å²) in [6.45, 7) is 1.96. The molecule has 0 saturated carbocycles. The zero-order valence-electron chi connectivity index (χ0n) is 11.1. The van der Waals surface area contributed by atoms with E-state index in [1.54, 1.807) is 19.1 Å². The molecule has 0 aliphatic heterocycles. The van der Waals surface area contributed by atoms with E-state index >= 15 is 0 Å². The van der Waals surface area contributed by atoms with Gasteiger partial charge in [-0.05, 0) is 30.7 Å². The number of carbonyl (C=O) groups excluding carboxylic acids is 1. The van der Waals surface area contributed by atoms with Gasteiger partial charge in [0.2, 0.25) is 0 Å². The van der Waals surface area contributed by atoms with E-state index in [-0.39, 0.29) is 12.5 Å². The molecule has 0 unspecified atom stereocenters. The number of benzene rings is 1. The van der Waals surface area contributed by atoms with E-state index < -0.39 is 0 Å². The minimum absolute atomic E-state index is 0.188. The number of furan rings is 1. The van der Waals surface area contributed by atoms with Crippen LogP contribution in [0.1, 0.15) is 27.4 Å². The number of rotatable bonds is 3. The van der Waals surface area contributed by atoms with Gasteiger partial charge in [0.05, 0.1) is 0 Å². The quantitative estimate of drug-likeness (QED) is 0.836. The van der Waals surface area contributed by atoms with Crippen molar-refractivity contribution in [2.75, 3.05) is 6.61 Å². The van der Waals surface area contributed by atoms with Crippen molar-refractivity contribution in [3.05, 3.63) is 59.0 Å². The molecule has 2 rings (SSSR count). The van der Waals surface area contributed by atoms with E-state index in [9.17, 15) is 4.79 Å². The minimum atomic E-state index is -0.261. The van der Waals surface area contributed by atoms with Crippen molar-refractivity contribution in [1.29, 1.82) is 0 Å². The molecule has 2 N–H and O–H groups in total. The normalized spacial score (nSPS) is 9.70. The molecule has 0 spiro atoms. The first-order valence-corrected chi connectivity index (χ1v) is 6.23. The molecule has 1 amide bonds. The average molecular weight is 269 g/mol. The highest BCUT2D eigenvalue weighted by atomic mass is 16.3. The second kappa shape index (κ2) is 6.60. The topological polar surface area (TPSA) is 62.5 Å². The highest BCUT2D eigenvalue weighted by molar-refractivity contribution is 5.91. The smallest absolute Gasteiger partial charge is 0.287 e. The largest absolute Gasteiger partial charge is 0.456 e. The van der Waals surface area contributed by atoms with Crippen molar-refractivity contribution < 1.29 is 14.3 Å². The molecule has 0 aliphatic rings. The van der Waals surface area contributed by atoms with Crippen molar-refractivity contribution in [2.45, 2.75) is 13.5 Å². The lowest BCUT2D eigenvalue weighted by atomic mass is 10.1. The third-order valence-electron chi connectivity index (χ3n) is 2.72. The maximum Gasteiger partial charge on any atom is 0.287 e. The summed E-state index contributed by atoms with van der Waals surface area (Å²) in [5.74, 6) is 6.19. The second-order valence-electron chi connectivity index (χ2n) is 4.21. The number of carbonyl (C=O) groups is 1. The summed E-state index contributed by atoms with van der Waals surface area (Å²) >= 11 is 0. The highest BCUT2D eigenvalue weighted by Crippen LogP contribution is 2.09.